The average molecular weight is 396 g/mol. The average Bonchev–Trinajstić information content (AvgIpc) is 2.78. The number of hydrogen-bond acceptors (Lipinski definition) is 5. The van der Waals surface area contributed by atoms with Crippen LogP contribution in [0.5, 0.6) is 5.75 Å². The van der Waals surface area contributed by atoms with E-state index in [0.717, 1.165) is 11.4 Å². The SMILES string of the molecule is COc1ccc(N2CCN(C(=O)CNC(=O)C(=O)Nc3ccccc3)CC2)cc1. The van der Waals surface area contributed by atoms with Crippen LogP contribution in [-0.4, -0.2) is 62.5 Å². The summed E-state index contributed by atoms with van der Waals surface area (Å²) >= 11 is 0. The minimum Gasteiger partial charge on any atom is -0.497 e. The van der Waals surface area contributed by atoms with Gasteiger partial charge in [0.2, 0.25) is 5.91 Å². The Morgan fingerprint density at radius 3 is 2.17 bits per heavy atom. The van der Waals surface area contributed by atoms with Crippen LogP contribution in [-0.2, 0) is 14.4 Å². The van der Waals surface area contributed by atoms with Crippen molar-refractivity contribution in [1.82, 2.24) is 10.2 Å². The van der Waals surface area contributed by atoms with Crippen molar-refractivity contribution in [3.63, 3.8) is 0 Å². The molecule has 3 amide bonds. The van der Waals surface area contributed by atoms with Crippen LogP contribution in [0, 0.1) is 0 Å². The molecule has 0 saturated carbocycles. The summed E-state index contributed by atoms with van der Waals surface area (Å²) in [6.07, 6.45) is 0. The van der Waals surface area contributed by atoms with Crippen LogP contribution < -0.4 is 20.3 Å². The molecule has 0 unspecified atom stereocenters. The minimum absolute atomic E-state index is 0.205. The minimum atomic E-state index is -0.834. The summed E-state index contributed by atoms with van der Waals surface area (Å²) in [5, 5.41) is 4.87. The number of methoxy groups -OCH3 is 1. The van der Waals surface area contributed by atoms with Crippen molar-refractivity contribution in [3.8, 4) is 5.75 Å². The van der Waals surface area contributed by atoms with E-state index in [1.165, 1.54) is 0 Å². The van der Waals surface area contributed by atoms with Crippen molar-refractivity contribution >= 4 is 29.1 Å². The Bertz CT molecular complexity index is 847. The van der Waals surface area contributed by atoms with Crippen LogP contribution in [0.3, 0.4) is 0 Å². The van der Waals surface area contributed by atoms with Crippen LogP contribution in [0.4, 0.5) is 11.4 Å². The smallest absolute Gasteiger partial charge is 0.313 e. The fraction of sp³-hybridized carbons (Fsp3) is 0.286. The Morgan fingerprint density at radius 1 is 0.897 bits per heavy atom. The lowest BCUT2D eigenvalue weighted by Gasteiger charge is -2.36. The monoisotopic (exact) mass is 396 g/mol. The van der Waals surface area contributed by atoms with E-state index in [1.807, 2.05) is 30.3 Å². The molecule has 0 aliphatic carbocycles. The topological polar surface area (TPSA) is 91.0 Å². The molecule has 8 nitrogen and oxygen atoms in total. The molecule has 2 N–H and O–H groups in total. The van der Waals surface area contributed by atoms with E-state index in [9.17, 15) is 14.4 Å². The van der Waals surface area contributed by atoms with E-state index < -0.39 is 11.8 Å². The first-order chi connectivity index (χ1) is 14.1. The van der Waals surface area contributed by atoms with Crippen LogP contribution in [0.1, 0.15) is 0 Å². The van der Waals surface area contributed by atoms with Gasteiger partial charge in [0, 0.05) is 37.6 Å². The highest BCUT2D eigenvalue weighted by molar-refractivity contribution is 6.39. The van der Waals surface area contributed by atoms with Crippen molar-refractivity contribution in [3.05, 3.63) is 54.6 Å². The molecule has 0 atom stereocenters. The molecule has 2 aromatic carbocycles. The molecule has 0 bridgehead atoms. The number of amides is 3. The fourth-order valence-electron chi connectivity index (χ4n) is 3.06. The number of anilines is 2. The summed E-state index contributed by atoms with van der Waals surface area (Å²) in [5.74, 6) is -1.04. The maximum atomic E-state index is 12.4. The molecule has 0 radical (unpaired) electrons. The predicted octanol–water partition coefficient (Wildman–Crippen LogP) is 1.10. The van der Waals surface area contributed by atoms with Gasteiger partial charge in [-0.05, 0) is 36.4 Å². The summed E-state index contributed by atoms with van der Waals surface area (Å²) in [4.78, 5) is 40.0. The van der Waals surface area contributed by atoms with Gasteiger partial charge < -0.3 is 25.2 Å². The summed E-state index contributed by atoms with van der Waals surface area (Å²) in [6.45, 7) is 2.29. The van der Waals surface area contributed by atoms with E-state index in [0.29, 0.717) is 31.9 Å². The van der Waals surface area contributed by atoms with Gasteiger partial charge in [0.1, 0.15) is 5.75 Å². The predicted molar refractivity (Wildman–Crippen MR) is 110 cm³/mol. The van der Waals surface area contributed by atoms with Crippen molar-refractivity contribution < 1.29 is 19.1 Å². The Labute approximate surface area is 169 Å². The lowest BCUT2D eigenvalue weighted by molar-refractivity contribution is -0.138. The Morgan fingerprint density at radius 2 is 1.55 bits per heavy atom. The second kappa shape index (κ2) is 9.59. The van der Waals surface area contributed by atoms with E-state index in [2.05, 4.69) is 15.5 Å². The number of hydrogen-bond donors (Lipinski definition) is 2. The van der Waals surface area contributed by atoms with Gasteiger partial charge >= 0.3 is 11.8 Å². The second-order valence-electron chi connectivity index (χ2n) is 6.57. The van der Waals surface area contributed by atoms with Crippen molar-refractivity contribution in [2.24, 2.45) is 0 Å². The lowest BCUT2D eigenvalue weighted by atomic mass is 10.2. The first kappa shape index (κ1) is 20.2. The zero-order valence-corrected chi connectivity index (χ0v) is 16.3. The highest BCUT2D eigenvalue weighted by Crippen LogP contribution is 2.20. The Balaban J connectivity index is 1.42. The number of para-hydroxylation sites is 1. The highest BCUT2D eigenvalue weighted by atomic mass is 16.5. The van der Waals surface area contributed by atoms with Crippen LogP contribution in [0.15, 0.2) is 54.6 Å². The summed E-state index contributed by atoms with van der Waals surface area (Å²) in [7, 11) is 1.63. The molecule has 152 valence electrons. The maximum absolute atomic E-state index is 12.4. The second-order valence-corrected chi connectivity index (χ2v) is 6.57. The van der Waals surface area contributed by atoms with Crippen LogP contribution in [0.2, 0.25) is 0 Å². The molecule has 0 spiro atoms. The Hall–Kier alpha value is -3.55. The zero-order chi connectivity index (χ0) is 20.6. The number of benzene rings is 2. The molecular weight excluding hydrogens is 372 g/mol. The standard InChI is InChI=1S/C21H24N4O4/c1-29-18-9-7-17(8-10-18)24-11-13-25(14-12-24)19(26)15-22-20(27)21(28)23-16-5-3-2-4-6-16/h2-10H,11-15H2,1H3,(H,22,27)(H,23,28). The van der Waals surface area contributed by atoms with Crippen LogP contribution >= 0.6 is 0 Å². The number of carbonyl (C=O) groups is 3. The molecule has 8 heteroatoms. The van der Waals surface area contributed by atoms with Crippen molar-refractivity contribution in [1.29, 1.82) is 0 Å². The van der Waals surface area contributed by atoms with Gasteiger partial charge in [-0.15, -0.1) is 0 Å². The number of ether oxygens (including phenoxy) is 1. The number of piperazine rings is 1. The molecule has 3 rings (SSSR count). The Kier molecular flexibility index (Phi) is 6.67. The van der Waals surface area contributed by atoms with Gasteiger partial charge in [0.25, 0.3) is 0 Å². The van der Waals surface area contributed by atoms with Gasteiger partial charge in [-0.1, -0.05) is 18.2 Å². The number of carbonyl (C=O) groups excluding carboxylic acids is 3. The number of nitrogens with one attached hydrogen (secondary N) is 2. The quantitative estimate of drug-likeness (QED) is 0.739. The van der Waals surface area contributed by atoms with E-state index in [1.54, 1.807) is 36.3 Å². The molecule has 1 heterocycles. The molecule has 0 aromatic heterocycles. The van der Waals surface area contributed by atoms with Gasteiger partial charge in [-0.25, -0.2) is 0 Å². The molecule has 1 aliphatic heterocycles. The lowest BCUT2D eigenvalue weighted by Crippen LogP contribution is -2.51. The summed E-state index contributed by atoms with van der Waals surface area (Å²) in [6, 6.07) is 16.5. The van der Waals surface area contributed by atoms with Gasteiger partial charge in [0.05, 0.1) is 13.7 Å². The molecule has 1 fully saturated rings. The first-order valence-corrected chi connectivity index (χ1v) is 9.38. The van der Waals surface area contributed by atoms with Crippen LogP contribution in [0.25, 0.3) is 0 Å². The first-order valence-electron chi connectivity index (χ1n) is 9.38. The summed E-state index contributed by atoms with van der Waals surface area (Å²) < 4.78 is 5.17. The third-order valence-electron chi connectivity index (χ3n) is 4.71. The molecule has 1 saturated heterocycles. The van der Waals surface area contributed by atoms with Gasteiger partial charge in [0.15, 0.2) is 0 Å². The van der Waals surface area contributed by atoms with E-state index in [4.69, 9.17) is 4.74 Å². The number of rotatable bonds is 5. The third-order valence-corrected chi connectivity index (χ3v) is 4.71. The third kappa shape index (κ3) is 5.47. The largest absolute Gasteiger partial charge is 0.497 e. The highest BCUT2D eigenvalue weighted by Gasteiger charge is 2.22. The fourth-order valence-corrected chi connectivity index (χ4v) is 3.06. The molecular formula is C21H24N4O4. The van der Waals surface area contributed by atoms with Gasteiger partial charge in [-0.2, -0.15) is 0 Å². The molecule has 1 aliphatic rings. The molecule has 2 aromatic rings. The zero-order valence-electron chi connectivity index (χ0n) is 16.3. The van der Waals surface area contributed by atoms with E-state index in [-0.39, 0.29) is 12.5 Å². The normalized spacial score (nSPS) is 13.6. The van der Waals surface area contributed by atoms with Crippen molar-refractivity contribution in [2.75, 3.05) is 50.1 Å². The number of nitrogens with zero attached hydrogens (tertiary/aromatic N) is 2. The molecule has 29 heavy (non-hydrogen) atoms. The van der Waals surface area contributed by atoms with E-state index >= 15 is 0 Å². The van der Waals surface area contributed by atoms with Gasteiger partial charge in [-0.3, -0.25) is 14.4 Å². The van der Waals surface area contributed by atoms with Crippen molar-refractivity contribution in [2.45, 2.75) is 0 Å². The maximum Gasteiger partial charge on any atom is 0.313 e. The summed E-state index contributed by atoms with van der Waals surface area (Å²) in [5.41, 5.74) is 1.59.